The van der Waals surface area contributed by atoms with Gasteiger partial charge in [-0.2, -0.15) is 0 Å². The zero-order valence-corrected chi connectivity index (χ0v) is 10.3. The van der Waals surface area contributed by atoms with E-state index in [9.17, 15) is 4.79 Å². The predicted octanol–water partition coefficient (Wildman–Crippen LogP) is 2.17. The van der Waals surface area contributed by atoms with Gasteiger partial charge in [-0.15, -0.1) is 0 Å². The number of fused-ring (bicyclic) bond motifs is 1. The lowest BCUT2D eigenvalue weighted by atomic mass is 10.0. The smallest absolute Gasteiger partial charge is 0.254 e. The van der Waals surface area contributed by atoms with Gasteiger partial charge in [0, 0.05) is 24.2 Å². The quantitative estimate of drug-likeness (QED) is 0.831. The molecular formula is C14H15N3O. The summed E-state index contributed by atoms with van der Waals surface area (Å²) in [6, 6.07) is 9.45. The van der Waals surface area contributed by atoms with E-state index in [1.165, 1.54) is 0 Å². The summed E-state index contributed by atoms with van der Waals surface area (Å²) in [5.74, 6) is 0.0803. The van der Waals surface area contributed by atoms with Crippen LogP contribution in [-0.4, -0.2) is 27.3 Å². The van der Waals surface area contributed by atoms with Gasteiger partial charge in [-0.3, -0.25) is 4.79 Å². The molecule has 1 aliphatic heterocycles. The van der Waals surface area contributed by atoms with Crippen LogP contribution in [0, 0.1) is 0 Å². The second-order valence-electron chi connectivity index (χ2n) is 4.56. The van der Waals surface area contributed by atoms with Crippen LogP contribution >= 0.6 is 0 Å². The number of hydrogen-bond acceptors (Lipinski definition) is 2. The zero-order chi connectivity index (χ0) is 12.5. The summed E-state index contributed by atoms with van der Waals surface area (Å²) in [6.07, 6.45) is 2.55. The molecule has 0 spiro atoms. The topological polar surface area (TPSA) is 49.0 Å². The number of H-pyrrole nitrogens is 1. The highest BCUT2D eigenvalue weighted by Crippen LogP contribution is 2.27. The molecule has 2 aromatic rings. The minimum atomic E-state index is 0.0349. The predicted molar refractivity (Wildman–Crippen MR) is 68.2 cm³/mol. The molecule has 0 radical (unpaired) electrons. The van der Waals surface area contributed by atoms with Gasteiger partial charge >= 0.3 is 0 Å². The van der Waals surface area contributed by atoms with Gasteiger partial charge in [0.1, 0.15) is 0 Å². The number of rotatable bonds is 1. The summed E-state index contributed by atoms with van der Waals surface area (Å²) < 4.78 is 0. The first-order valence-corrected chi connectivity index (χ1v) is 6.15. The summed E-state index contributed by atoms with van der Waals surface area (Å²) in [5.41, 5.74) is 2.88. The van der Waals surface area contributed by atoms with Crippen molar-refractivity contribution in [3.8, 4) is 0 Å². The third kappa shape index (κ3) is 1.70. The van der Waals surface area contributed by atoms with Crippen molar-refractivity contribution in [2.75, 3.05) is 6.54 Å². The molecule has 1 aliphatic rings. The van der Waals surface area contributed by atoms with Gasteiger partial charge < -0.3 is 9.88 Å². The Morgan fingerprint density at radius 3 is 2.94 bits per heavy atom. The van der Waals surface area contributed by atoms with E-state index in [2.05, 4.69) is 9.97 Å². The molecule has 0 aliphatic carbocycles. The molecule has 1 amide bonds. The average Bonchev–Trinajstić information content (AvgIpc) is 2.89. The Morgan fingerprint density at radius 1 is 1.39 bits per heavy atom. The molecular weight excluding hydrogens is 226 g/mol. The molecule has 1 aromatic heterocycles. The molecule has 0 fully saturated rings. The normalized spacial score (nSPS) is 18.5. The van der Waals surface area contributed by atoms with E-state index in [0.29, 0.717) is 0 Å². The van der Waals surface area contributed by atoms with Gasteiger partial charge in [0.05, 0.1) is 18.1 Å². The molecule has 1 N–H and O–H groups in total. The molecule has 2 heterocycles. The van der Waals surface area contributed by atoms with Gasteiger partial charge in [0.2, 0.25) is 0 Å². The van der Waals surface area contributed by atoms with Crippen molar-refractivity contribution < 1.29 is 4.79 Å². The third-order valence-corrected chi connectivity index (χ3v) is 3.50. The van der Waals surface area contributed by atoms with Crippen molar-refractivity contribution in [1.82, 2.24) is 14.9 Å². The number of imidazole rings is 1. The fraction of sp³-hybridized carbons (Fsp3) is 0.286. The van der Waals surface area contributed by atoms with E-state index in [1.54, 1.807) is 6.33 Å². The minimum Gasteiger partial charge on any atom is -0.348 e. The summed E-state index contributed by atoms with van der Waals surface area (Å²) >= 11 is 0. The molecule has 1 aromatic carbocycles. The van der Waals surface area contributed by atoms with Crippen LogP contribution in [0.1, 0.15) is 34.7 Å². The van der Waals surface area contributed by atoms with E-state index < -0.39 is 0 Å². The van der Waals surface area contributed by atoms with Crippen LogP contribution in [-0.2, 0) is 6.42 Å². The number of aromatic nitrogens is 2. The Labute approximate surface area is 106 Å². The molecule has 92 valence electrons. The molecule has 1 unspecified atom stereocenters. The van der Waals surface area contributed by atoms with E-state index in [4.69, 9.17) is 0 Å². The Kier molecular flexibility index (Phi) is 2.63. The van der Waals surface area contributed by atoms with E-state index in [0.717, 1.165) is 29.9 Å². The number of amides is 1. The van der Waals surface area contributed by atoms with Crippen molar-refractivity contribution in [2.45, 2.75) is 19.4 Å². The number of aromatic amines is 1. The Hall–Kier alpha value is -2.10. The molecule has 4 heteroatoms. The summed E-state index contributed by atoms with van der Waals surface area (Å²) in [6.45, 7) is 2.77. The third-order valence-electron chi connectivity index (χ3n) is 3.50. The first kappa shape index (κ1) is 11.0. The largest absolute Gasteiger partial charge is 0.348 e. The van der Waals surface area contributed by atoms with Crippen LogP contribution in [0.5, 0.6) is 0 Å². The van der Waals surface area contributed by atoms with Crippen LogP contribution < -0.4 is 0 Å². The van der Waals surface area contributed by atoms with Crippen molar-refractivity contribution >= 4 is 5.91 Å². The first-order valence-electron chi connectivity index (χ1n) is 6.15. The van der Waals surface area contributed by atoms with Crippen LogP contribution in [0.2, 0.25) is 0 Å². The van der Waals surface area contributed by atoms with Crippen molar-refractivity contribution in [3.63, 3.8) is 0 Å². The number of benzene rings is 1. The van der Waals surface area contributed by atoms with Crippen LogP contribution in [0.3, 0.4) is 0 Å². The fourth-order valence-corrected chi connectivity index (χ4v) is 2.49. The standard InChI is InChI=1S/C14H15N3O/c1-10-13-12(15-9-16-13)7-8-17(10)14(18)11-5-3-2-4-6-11/h2-6,9-10H,7-8H2,1H3,(H,15,16). The van der Waals surface area contributed by atoms with E-state index >= 15 is 0 Å². The van der Waals surface area contributed by atoms with E-state index in [-0.39, 0.29) is 11.9 Å². The zero-order valence-electron chi connectivity index (χ0n) is 10.3. The maximum Gasteiger partial charge on any atom is 0.254 e. The molecule has 0 saturated heterocycles. The average molecular weight is 241 g/mol. The second kappa shape index (κ2) is 4.29. The van der Waals surface area contributed by atoms with Crippen LogP contribution in [0.4, 0.5) is 0 Å². The molecule has 0 bridgehead atoms. The Morgan fingerprint density at radius 2 is 2.17 bits per heavy atom. The van der Waals surface area contributed by atoms with Crippen molar-refractivity contribution in [2.24, 2.45) is 0 Å². The Balaban J connectivity index is 1.89. The lowest BCUT2D eigenvalue weighted by Gasteiger charge is -2.32. The highest BCUT2D eigenvalue weighted by atomic mass is 16.2. The number of nitrogens with one attached hydrogen (secondary N) is 1. The molecule has 3 rings (SSSR count). The molecule has 1 atom stereocenters. The molecule has 0 saturated carbocycles. The Bertz CT molecular complexity index is 561. The lowest BCUT2D eigenvalue weighted by molar-refractivity contribution is 0.0673. The highest BCUT2D eigenvalue weighted by molar-refractivity contribution is 5.94. The molecule has 4 nitrogen and oxygen atoms in total. The maximum absolute atomic E-state index is 12.4. The highest BCUT2D eigenvalue weighted by Gasteiger charge is 2.29. The SMILES string of the molecule is CC1c2nc[nH]c2CCN1C(=O)c1ccccc1. The monoisotopic (exact) mass is 241 g/mol. The second-order valence-corrected chi connectivity index (χ2v) is 4.56. The maximum atomic E-state index is 12.4. The summed E-state index contributed by atoms with van der Waals surface area (Å²) in [7, 11) is 0. The van der Waals surface area contributed by atoms with Gasteiger partial charge in [-0.1, -0.05) is 18.2 Å². The number of nitrogens with zero attached hydrogens (tertiary/aromatic N) is 2. The van der Waals surface area contributed by atoms with E-state index in [1.807, 2.05) is 42.2 Å². The summed E-state index contributed by atoms with van der Waals surface area (Å²) in [5, 5.41) is 0. The van der Waals surface area contributed by atoms with Crippen LogP contribution in [0.15, 0.2) is 36.7 Å². The van der Waals surface area contributed by atoms with Crippen LogP contribution in [0.25, 0.3) is 0 Å². The van der Waals surface area contributed by atoms with Gasteiger partial charge in [-0.25, -0.2) is 4.98 Å². The summed E-state index contributed by atoms with van der Waals surface area (Å²) in [4.78, 5) is 21.8. The van der Waals surface area contributed by atoms with Gasteiger partial charge in [-0.05, 0) is 19.1 Å². The fourth-order valence-electron chi connectivity index (χ4n) is 2.49. The van der Waals surface area contributed by atoms with Gasteiger partial charge in [0.25, 0.3) is 5.91 Å². The number of hydrogen-bond donors (Lipinski definition) is 1. The van der Waals surface area contributed by atoms with Crippen molar-refractivity contribution in [3.05, 3.63) is 53.6 Å². The first-order chi connectivity index (χ1) is 8.77. The number of carbonyl (C=O) groups is 1. The number of carbonyl (C=O) groups excluding carboxylic acids is 1. The molecule has 18 heavy (non-hydrogen) atoms. The lowest BCUT2D eigenvalue weighted by Crippen LogP contribution is -2.38. The van der Waals surface area contributed by atoms with Crippen molar-refractivity contribution in [1.29, 1.82) is 0 Å². The van der Waals surface area contributed by atoms with Gasteiger partial charge in [0.15, 0.2) is 0 Å². The minimum absolute atomic E-state index is 0.0349.